The van der Waals surface area contributed by atoms with Crippen molar-refractivity contribution < 1.29 is 31.6 Å². The Morgan fingerprint density at radius 1 is 1.30 bits per heavy atom. The summed E-state index contributed by atoms with van der Waals surface area (Å²) in [5, 5.41) is 6.40. The van der Waals surface area contributed by atoms with Gasteiger partial charge >= 0.3 is 16.4 Å². The van der Waals surface area contributed by atoms with Crippen molar-refractivity contribution in [1.82, 2.24) is 20.6 Å². The quantitative estimate of drug-likeness (QED) is 0.461. The number of nitrogens with one attached hydrogen (secondary N) is 2. The van der Waals surface area contributed by atoms with Crippen molar-refractivity contribution in [1.29, 1.82) is 0 Å². The third kappa shape index (κ3) is 4.94. The van der Waals surface area contributed by atoms with Crippen LogP contribution in [0.15, 0.2) is 0 Å². The number of nitrogens with zero attached hydrogens (tertiary/aromatic N) is 2. The van der Waals surface area contributed by atoms with Gasteiger partial charge in [0.05, 0.1) is 12.6 Å². The van der Waals surface area contributed by atoms with Gasteiger partial charge in [-0.3, -0.25) is 14.1 Å². The predicted octanol–water partition coefficient (Wildman–Crippen LogP) is -0.936. The molecule has 3 N–H and O–H groups in total. The van der Waals surface area contributed by atoms with Crippen LogP contribution in [0.1, 0.15) is 32.1 Å². The SMILES string of the molecule is O=C(CNC(=O)[C@@H]1CC[C@@H]2CN1C(=O)N2OS(=O)(=O)O)CC1CCCNC1. The number of carbonyl (C=O) groups excluding carboxylic acids is 3. The zero-order chi connectivity index (χ0) is 19.6. The summed E-state index contributed by atoms with van der Waals surface area (Å²) < 4.78 is 34.9. The van der Waals surface area contributed by atoms with Crippen molar-refractivity contribution in [3.05, 3.63) is 0 Å². The molecular weight excluding hydrogens is 380 g/mol. The molecule has 0 aromatic heterocycles. The van der Waals surface area contributed by atoms with Crippen LogP contribution in [0.3, 0.4) is 0 Å². The van der Waals surface area contributed by atoms with Crippen LogP contribution in [0.25, 0.3) is 0 Å². The first-order valence-electron chi connectivity index (χ1n) is 9.01. The van der Waals surface area contributed by atoms with Gasteiger partial charge in [0.2, 0.25) is 5.91 Å². The third-order valence-electron chi connectivity index (χ3n) is 5.18. The summed E-state index contributed by atoms with van der Waals surface area (Å²) in [6.07, 6.45) is 3.08. The zero-order valence-electron chi connectivity index (χ0n) is 14.8. The smallest absolute Gasteiger partial charge is 0.347 e. The number of urea groups is 1. The summed E-state index contributed by atoms with van der Waals surface area (Å²) >= 11 is 0. The molecule has 152 valence electrons. The van der Waals surface area contributed by atoms with Gasteiger partial charge in [-0.25, -0.2) is 4.79 Å². The Morgan fingerprint density at radius 2 is 2.07 bits per heavy atom. The van der Waals surface area contributed by atoms with Crippen LogP contribution in [-0.4, -0.2) is 78.9 Å². The number of hydroxylamine groups is 2. The first-order valence-corrected chi connectivity index (χ1v) is 10.4. The molecule has 3 saturated heterocycles. The van der Waals surface area contributed by atoms with Crippen LogP contribution in [-0.2, 0) is 24.3 Å². The third-order valence-corrected chi connectivity index (χ3v) is 5.52. The van der Waals surface area contributed by atoms with Crippen LogP contribution in [0, 0.1) is 5.92 Å². The fraction of sp³-hybridized carbons (Fsp3) is 0.800. The molecule has 3 atom stereocenters. The fourth-order valence-corrected chi connectivity index (χ4v) is 4.29. The summed E-state index contributed by atoms with van der Waals surface area (Å²) in [6, 6.07) is -2.15. The van der Waals surface area contributed by atoms with Gasteiger partial charge < -0.3 is 15.5 Å². The van der Waals surface area contributed by atoms with E-state index < -0.39 is 34.4 Å². The lowest BCUT2D eigenvalue weighted by Gasteiger charge is -2.29. The summed E-state index contributed by atoms with van der Waals surface area (Å²) in [5.74, 6) is -0.231. The number of rotatable bonds is 7. The molecule has 12 heteroatoms. The van der Waals surface area contributed by atoms with E-state index in [1.807, 2.05) is 0 Å². The van der Waals surface area contributed by atoms with E-state index in [1.54, 1.807) is 0 Å². The number of hydrogen-bond donors (Lipinski definition) is 3. The topological polar surface area (TPSA) is 145 Å². The van der Waals surface area contributed by atoms with Crippen LogP contribution < -0.4 is 10.6 Å². The van der Waals surface area contributed by atoms with Crippen molar-refractivity contribution in [3.8, 4) is 0 Å². The second-order valence-electron chi connectivity index (χ2n) is 7.18. The molecule has 27 heavy (non-hydrogen) atoms. The first kappa shape index (κ1) is 20.0. The highest BCUT2D eigenvalue weighted by Crippen LogP contribution is 2.30. The molecule has 3 heterocycles. The van der Waals surface area contributed by atoms with Gasteiger partial charge in [0, 0.05) is 13.0 Å². The Bertz CT molecular complexity index is 707. The molecule has 3 amide bonds. The highest BCUT2D eigenvalue weighted by atomic mass is 32.3. The molecule has 0 radical (unpaired) electrons. The number of Topliss-reactive ketones (excluding diaryl/α,β-unsaturated/α-hetero) is 1. The standard InChI is InChI=1S/C15H24N4O7S/c20-12(6-10-2-1-5-16-7-10)8-17-14(21)13-4-3-11-9-18(13)15(22)19(11)26-27(23,24)25/h10-11,13,16H,1-9H2,(H,17,21)(H,23,24,25)/t10?,11-,13+/m1/s1. The van der Waals surface area contributed by atoms with E-state index in [0.717, 1.165) is 25.9 Å². The van der Waals surface area contributed by atoms with Crippen molar-refractivity contribution in [2.45, 2.75) is 44.2 Å². The molecule has 2 bridgehead atoms. The van der Waals surface area contributed by atoms with Gasteiger partial charge in [0.25, 0.3) is 0 Å². The average molecular weight is 404 g/mol. The molecule has 3 aliphatic rings. The Hall–Kier alpha value is -1.76. The molecule has 0 aromatic carbocycles. The average Bonchev–Trinajstić information content (AvgIpc) is 2.84. The predicted molar refractivity (Wildman–Crippen MR) is 91.6 cm³/mol. The fourth-order valence-electron chi connectivity index (χ4n) is 3.90. The molecule has 0 aliphatic carbocycles. The molecule has 0 saturated carbocycles. The minimum atomic E-state index is -4.82. The monoisotopic (exact) mass is 404 g/mol. The number of piperidine rings is 2. The summed E-state index contributed by atoms with van der Waals surface area (Å²) in [6.45, 7) is 1.79. The van der Waals surface area contributed by atoms with E-state index in [4.69, 9.17) is 4.55 Å². The van der Waals surface area contributed by atoms with Crippen molar-refractivity contribution in [2.75, 3.05) is 26.2 Å². The zero-order valence-corrected chi connectivity index (χ0v) is 15.6. The Morgan fingerprint density at radius 3 is 2.74 bits per heavy atom. The Balaban J connectivity index is 1.50. The number of amides is 3. The lowest BCUT2D eigenvalue weighted by molar-refractivity contribution is -0.129. The van der Waals surface area contributed by atoms with E-state index in [2.05, 4.69) is 14.9 Å². The van der Waals surface area contributed by atoms with Crippen LogP contribution in [0.5, 0.6) is 0 Å². The minimum absolute atomic E-state index is 0.0604. The number of hydrogen-bond acceptors (Lipinski definition) is 7. The minimum Gasteiger partial charge on any atom is -0.347 e. The van der Waals surface area contributed by atoms with Gasteiger partial charge in [-0.2, -0.15) is 13.5 Å². The molecule has 11 nitrogen and oxygen atoms in total. The van der Waals surface area contributed by atoms with Gasteiger partial charge in [0.1, 0.15) is 6.04 Å². The number of fused-ring (bicyclic) bond motifs is 2. The summed E-state index contributed by atoms with van der Waals surface area (Å²) in [7, 11) is -4.82. The molecule has 0 spiro atoms. The maximum atomic E-state index is 12.4. The summed E-state index contributed by atoms with van der Waals surface area (Å²) in [5.41, 5.74) is 0. The van der Waals surface area contributed by atoms with Crippen LogP contribution in [0.2, 0.25) is 0 Å². The second kappa shape index (κ2) is 8.09. The number of ketones is 1. The summed E-state index contributed by atoms with van der Waals surface area (Å²) in [4.78, 5) is 38.0. The molecule has 3 rings (SSSR count). The van der Waals surface area contributed by atoms with Gasteiger partial charge in [-0.05, 0) is 44.7 Å². The lowest BCUT2D eigenvalue weighted by atomic mass is 9.94. The van der Waals surface area contributed by atoms with Crippen molar-refractivity contribution in [3.63, 3.8) is 0 Å². The van der Waals surface area contributed by atoms with Crippen LogP contribution in [0.4, 0.5) is 4.79 Å². The highest BCUT2D eigenvalue weighted by Gasteiger charge is 2.49. The van der Waals surface area contributed by atoms with E-state index in [-0.39, 0.29) is 24.8 Å². The highest BCUT2D eigenvalue weighted by molar-refractivity contribution is 7.80. The van der Waals surface area contributed by atoms with E-state index in [0.29, 0.717) is 24.3 Å². The second-order valence-corrected chi connectivity index (χ2v) is 8.19. The van der Waals surface area contributed by atoms with Crippen molar-refractivity contribution >= 4 is 28.1 Å². The van der Waals surface area contributed by atoms with Gasteiger partial charge in [-0.15, -0.1) is 4.28 Å². The van der Waals surface area contributed by atoms with Gasteiger partial charge in [0.15, 0.2) is 5.78 Å². The normalized spacial score (nSPS) is 28.3. The lowest BCUT2D eigenvalue weighted by Crippen LogP contribution is -2.50. The molecule has 0 aromatic rings. The maximum Gasteiger partial charge on any atom is 0.418 e. The van der Waals surface area contributed by atoms with E-state index in [9.17, 15) is 22.8 Å². The molecular formula is C15H24N4O7S. The molecule has 3 aliphatic heterocycles. The van der Waals surface area contributed by atoms with E-state index in [1.165, 1.54) is 4.90 Å². The Labute approximate surface area is 157 Å². The Kier molecular flexibility index (Phi) is 5.99. The largest absolute Gasteiger partial charge is 0.418 e. The molecule has 3 fully saturated rings. The maximum absolute atomic E-state index is 12.4. The van der Waals surface area contributed by atoms with Crippen molar-refractivity contribution in [2.24, 2.45) is 5.92 Å². The van der Waals surface area contributed by atoms with E-state index >= 15 is 0 Å². The van der Waals surface area contributed by atoms with Gasteiger partial charge in [-0.1, -0.05) is 0 Å². The van der Waals surface area contributed by atoms with Crippen LogP contribution >= 0.6 is 0 Å². The first-order chi connectivity index (χ1) is 12.7. The number of carbonyl (C=O) groups is 3. The molecule has 1 unspecified atom stereocenters.